The van der Waals surface area contributed by atoms with Crippen molar-refractivity contribution in [3.63, 3.8) is 0 Å². The van der Waals surface area contributed by atoms with Crippen LogP contribution in [0.5, 0.6) is 0 Å². The minimum Gasteiger partial charge on any atom is -0.353 e. The largest absolute Gasteiger partial charge is 0.353 e. The van der Waals surface area contributed by atoms with E-state index >= 15 is 0 Å². The predicted molar refractivity (Wildman–Crippen MR) is 74.7 cm³/mol. The molecule has 1 aliphatic rings. The number of rotatable bonds is 2. The summed E-state index contributed by atoms with van der Waals surface area (Å²) in [5.41, 5.74) is 0.590. The number of carbonyl (C=O) groups is 2. The van der Waals surface area contributed by atoms with Crippen molar-refractivity contribution in [1.29, 1.82) is 0 Å². The maximum atomic E-state index is 12.3. The second-order valence-corrected chi connectivity index (χ2v) is 5.57. The number of nitrogens with one attached hydrogen (secondary N) is 1. The summed E-state index contributed by atoms with van der Waals surface area (Å²) in [6, 6.07) is 1.96. The Morgan fingerprint density at radius 1 is 1.37 bits per heavy atom. The number of halogens is 1. The van der Waals surface area contributed by atoms with E-state index in [4.69, 9.17) is 0 Å². The average Bonchev–Trinajstić information content (AvgIpc) is 2.38. The van der Waals surface area contributed by atoms with Crippen LogP contribution in [-0.4, -0.2) is 40.8 Å². The standard InChI is InChI=1S/C13H16BrN3O2/c1-9(18)16-12-2-4-17(5-3-12)13(19)10-6-11(14)8-15-7-10/h6-8,12H,2-5H2,1H3,(H,16,18). The fraction of sp³-hybridized carbons (Fsp3) is 0.462. The molecule has 1 aromatic heterocycles. The van der Waals surface area contributed by atoms with Crippen molar-refractivity contribution in [2.24, 2.45) is 0 Å². The van der Waals surface area contributed by atoms with Gasteiger partial charge in [0.25, 0.3) is 5.91 Å². The average molecular weight is 326 g/mol. The van der Waals surface area contributed by atoms with Gasteiger partial charge in [0, 0.05) is 42.9 Å². The molecule has 2 heterocycles. The van der Waals surface area contributed by atoms with Crippen LogP contribution in [0, 0.1) is 0 Å². The number of nitrogens with zero attached hydrogens (tertiary/aromatic N) is 2. The molecule has 19 heavy (non-hydrogen) atoms. The topological polar surface area (TPSA) is 62.3 Å². The van der Waals surface area contributed by atoms with Crippen LogP contribution in [0.1, 0.15) is 30.1 Å². The molecule has 1 aliphatic heterocycles. The van der Waals surface area contributed by atoms with E-state index < -0.39 is 0 Å². The maximum absolute atomic E-state index is 12.3. The molecule has 0 aromatic carbocycles. The maximum Gasteiger partial charge on any atom is 0.255 e. The molecule has 0 aliphatic carbocycles. The molecule has 5 nitrogen and oxygen atoms in total. The zero-order valence-corrected chi connectivity index (χ0v) is 12.3. The highest BCUT2D eigenvalue weighted by Gasteiger charge is 2.24. The second-order valence-electron chi connectivity index (χ2n) is 4.66. The van der Waals surface area contributed by atoms with Crippen LogP contribution < -0.4 is 5.32 Å². The first kappa shape index (κ1) is 14.0. The van der Waals surface area contributed by atoms with E-state index in [-0.39, 0.29) is 17.9 Å². The fourth-order valence-corrected chi connectivity index (χ4v) is 2.59. The quantitative estimate of drug-likeness (QED) is 0.898. The van der Waals surface area contributed by atoms with E-state index in [2.05, 4.69) is 26.2 Å². The summed E-state index contributed by atoms with van der Waals surface area (Å²) in [6.45, 7) is 2.84. The molecule has 0 atom stereocenters. The Morgan fingerprint density at radius 3 is 2.63 bits per heavy atom. The summed E-state index contributed by atoms with van der Waals surface area (Å²) in [5.74, 6) is -0.0176. The van der Waals surface area contributed by atoms with Crippen LogP contribution in [0.25, 0.3) is 0 Å². The van der Waals surface area contributed by atoms with Crippen molar-refractivity contribution >= 4 is 27.7 Å². The normalized spacial score (nSPS) is 16.2. The van der Waals surface area contributed by atoms with Gasteiger partial charge in [-0.25, -0.2) is 0 Å². The predicted octanol–water partition coefficient (Wildman–Crippen LogP) is 1.58. The first-order valence-corrected chi connectivity index (χ1v) is 7.02. The summed E-state index contributed by atoms with van der Waals surface area (Å²) in [5, 5.41) is 2.89. The van der Waals surface area contributed by atoms with E-state index in [0.717, 1.165) is 17.3 Å². The third kappa shape index (κ3) is 3.76. The lowest BCUT2D eigenvalue weighted by atomic mass is 10.0. The smallest absolute Gasteiger partial charge is 0.255 e. The number of amides is 2. The molecule has 1 N–H and O–H groups in total. The molecule has 6 heteroatoms. The summed E-state index contributed by atoms with van der Waals surface area (Å²) in [4.78, 5) is 29.1. The molecule has 0 radical (unpaired) electrons. The number of piperidine rings is 1. The number of pyridine rings is 1. The zero-order chi connectivity index (χ0) is 13.8. The second kappa shape index (κ2) is 6.14. The number of likely N-dealkylation sites (tertiary alicyclic amines) is 1. The van der Waals surface area contributed by atoms with Gasteiger partial charge in [-0.05, 0) is 34.8 Å². The molecule has 1 fully saturated rings. The van der Waals surface area contributed by atoms with E-state index in [1.807, 2.05) is 4.90 Å². The number of aromatic nitrogens is 1. The Balaban J connectivity index is 1.94. The van der Waals surface area contributed by atoms with Crippen molar-refractivity contribution in [3.05, 3.63) is 28.5 Å². The van der Waals surface area contributed by atoms with Crippen LogP contribution >= 0.6 is 15.9 Å². The fourth-order valence-electron chi connectivity index (χ4n) is 2.23. The van der Waals surface area contributed by atoms with Gasteiger partial charge in [-0.1, -0.05) is 0 Å². The van der Waals surface area contributed by atoms with Gasteiger partial charge >= 0.3 is 0 Å². The van der Waals surface area contributed by atoms with Crippen LogP contribution in [0.2, 0.25) is 0 Å². The third-order valence-electron chi connectivity index (χ3n) is 3.14. The number of hydrogen-bond donors (Lipinski definition) is 1. The molecule has 1 aromatic rings. The van der Waals surface area contributed by atoms with Gasteiger partial charge in [-0.3, -0.25) is 14.6 Å². The summed E-state index contributed by atoms with van der Waals surface area (Å²) in [6.07, 6.45) is 4.83. The van der Waals surface area contributed by atoms with Crippen molar-refractivity contribution in [3.8, 4) is 0 Å². The van der Waals surface area contributed by atoms with Crippen molar-refractivity contribution < 1.29 is 9.59 Å². The molecule has 2 rings (SSSR count). The Morgan fingerprint density at radius 2 is 2.05 bits per heavy atom. The third-order valence-corrected chi connectivity index (χ3v) is 3.58. The SMILES string of the molecule is CC(=O)NC1CCN(C(=O)c2cncc(Br)c2)CC1. The lowest BCUT2D eigenvalue weighted by Gasteiger charge is -2.32. The van der Waals surface area contributed by atoms with E-state index in [0.29, 0.717) is 18.7 Å². The Hall–Kier alpha value is -1.43. The van der Waals surface area contributed by atoms with Gasteiger partial charge < -0.3 is 10.2 Å². The molecule has 0 bridgehead atoms. The summed E-state index contributed by atoms with van der Waals surface area (Å²) in [7, 11) is 0. The van der Waals surface area contributed by atoms with E-state index in [1.54, 1.807) is 18.5 Å². The van der Waals surface area contributed by atoms with Gasteiger partial charge in [-0.2, -0.15) is 0 Å². The molecule has 0 saturated carbocycles. The first-order chi connectivity index (χ1) is 9.06. The van der Waals surface area contributed by atoms with Crippen molar-refractivity contribution in [2.75, 3.05) is 13.1 Å². The highest BCUT2D eigenvalue weighted by Crippen LogP contribution is 2.16. The lowest BCUT2D eigenvalue weighted by molar-refractivity contribution is -0.119. The van der Waals surface area contributed by atoms with Crippen LogP contribution in [0.3, 0.4) is 0 Å². The van der Waals surface area contributed by atoms with Gasteiger partial charge in [0.15, 0.2) is 0 Å². The molecular formula is C13H16BrN3O2. The van der Waals surface area contributed by atoms with Gasteiger partial charge in [-0.15, -0.1) is 0 Å². The molecule has 2 amide bonds. The molecular weight excluding hydrogens is 310 g/mol. The van der Waals surface area contributed by atoms with Crippen LogP contribution in [0.4, 0.5) is 0 Å². The lowest BCUT2D eigenvalue weighted by Crippen LogP contribution is -2.46. The van der Waals surface area contributed by atoms with Gasteiger partial charge in [0.05, 0.1) is 5.56 Å². The minimum atomic E-state index is -0.0130. The van der Waals surface area contributed by atoms with Crippen molar-refractivity contribution in [1.82, 2.24) is 15.2 Å². The van der Waals surface area contributed by atoms with Gasteiger partial charge in [0.1, 0.15) is 0 Å². The van der Waals surface area contributed by atoms with E-state index in [9.17, 15) is 9.59 Å². The molecule has 0 unspecified atom stereocenters. The molecule has 102 valence electrons. The molecule has 1 saturated heterocycles. The van der Waals surface area contributed by atoms with Crippen LogP contribution in [-0.2, 0) is 4.79 Å². The minimum absolute atomic E-state index is 0.00456. The zero-order valence-electron chi connectivity index (χ0n) is 10.7. The number of carbonyl (C=O) groups excluding carboxylic acids is 2. The van der Waals surface area contributed by atoms with Crippen molar-refractivity contribution in [2.45, 2.75) is 25.8 Å². The molecule has 0 spiro atoms. The first-order valence-electron chi connectivity index (χ1n) is 6.23. The Labute approximate surface area is 120 Å². The monoisotopic (exact) mass is 325 g/mol. The summed E-state index contributed by atoms with van der Waals surface area (Å²) < 4.78 is 0.798. The summed E-state index contributed by atoms with van der Waals surface area (Å²) >= 11 is 3.31. The van der Waals surface area contributed by atoms with E-state index in [1.165, 1.54) is 6.92 Å². The Kier molecular flexibility index (Phi) is 4.52. The number of hydrogen-bond acceptors (Lipinski definition) is 3. The Bertz CT molecular complexity index is 485. The van der Waals surface area contributed by atoms with Gasteiger partial charge in [0.2, 0.25) is 5.91 Å². The highest BCUT2D eigenvalue weighted by molar-refractivity contribution is 9.10. The van der Waals surface area contributed by atoms with Crippen LogP contribution in [0.15, 0.2) is 22.9 Å². The highest BCUT2D eigenvalue weighted by atomic mass is 79.9.